The van der Waals surface area contributed by atoms with Gasteiger partial charge >= 0.3 is 0 Å². The number of aryl methyl sites for hydroxylation is 1. The van der Waals surface area contributed by atoms with Crippen LogP contribution in [0.25, 0.3) is 16.7 Å². The van der Waals surface area contributed by atoms with Gasteiger partial charge in [0.15, 0.2) is 5.65 Å². The molecular formula is C21H19N5O2. The number of rotatable bonds is 5. The molecule has 0 fully saturated rings. The van der Waals surface area contributed by atoms with Crippen LogP contribution in [-0.2, 0) is 17.8 Å². The lowest BCUT2D eigenvalue weighted by Crippen LogP contribution is -2.27. The lowest BCUT2D eigenvalue weighted by Gasteiger charge is -2.07. The summed E-state index contributed by atoms with van der Waals surface area (Å²) in [7, 11) is 0. The first-order chi connectivity index (χ1) is 13.6. The minimum absolute atomic E-state index is 0.134. The molecule has 0 aliphatic rings. The third kappa shape index (κ3) is 3.68. The minimum atomic E-state index is -0.282. The van der Waals surface area contributed by atoms with Crippen LogP contribution in [0, 0.1) is 6.92 Å². The van der Waals surface area contributed by atoms with Gasteiger partial charge in [0.05, 0.1) is 24.8 Å². The molecule has 0 spiro atoms. The molecule has 7 nitrogen and oxygen atoms in total. The summed E-state index contributed by atoms with van der Waals surface area (Å²) in [5, 5.41) is 7.48. The zero-order chi connectivity index (χ0) is 19.5. The van der Waals surface area contributed by atoms with Gasteiger partial charge in [0.2, 0.25) is 5.91 Å². The van der Waals surface area contributed by atoms with Gasteiger partial charge in [-0.05, 0) is 24.6 Å². The molecule has 1 amide bonds. The summed E-state index contributed by atoms with van der Waals surface area (Å²) >= 11 is 0. The molecule has 4 rings (SSSR count). The van der Waals surface area contributed by atoms with Gasteiger partial charge in [-0.15, -0.1) is 0 Å². The first-order valence-electron chi connectivity index (χ1n) is 8.95. The Bertz CT molecular complexity index is 1190. The van der Waals surface area contributed by atoms with Crippen molar-refractivity contribution in [1.29, 1.82) is 0 Å². The highest BCUT2D eigenvalue weighted by Gasteiger charge is 2.12. The Morgan fingerprint density at radius 1 is 1.14 bits per heavy atom. The number of nitrogens with zero attached hydrogens (tertiary/aromatic N) is 3. The summed E-state index contributed by atoms with van der Waals surface area (Å²) in [6.45, 7) is 2.12. The molecule has 0 saturated carbocycles. The zero-order valence-corrected chi connectivity index (χ0v) is 15.3. The number of aromatic amines is 1. The molecule has 4 aromatic rings. The van der Waals surface area contributed by atoms with Crippen molar-refractivity contribution >= 4 is 16.9 Å². The van der Waals surface area contributed by atoms with Gasteiger partial charge in [0.25, 0.3) is 5.56 Å². The molecular weight excluding hydrogens is 354 g/mol. The average molecular weight is 373 g/mol. The van der Waals surface area contributed by atoms with Crippen molar-refractivity contribution in [3.8, 4) is 5.69 Å². The summed E-state index contributed by atoms with van der Waals surface area (Å²) in [5.41, 5.74) is 3.03. The van der Waals surface area contributed by atoms with Crippen LogP contribution in [-0.4, -0.2) is 25.7 Å². The maximum atomic E-state index is 12.4. The number of para-hydroxylation sites is 1. The van der Waals surface area contributed by atoms with Gasteiger partial charge in [0.1, 0.15) is 11.2 Å². The van der Waals surface area contributed by atoms with Gasteiger partial charge in [-0.3, -0.25) is 9.59 Å². The van der Waals surface area contributed by atoms with Gasteiger partial charge in [-0.1, -0.05) is 48.0 Å². The molecule has 2 aromatic heterocycles. The van der Waals surface area contributed by atoms with Crippen LogP contribution in [0.5, 0.6) is 0 Å². The van der Waals surface area contributed by atoms with Crippen molar-refractivity contribution in [2.75, 3.05) is 0 Å². The Hall–Kier alpha value is -3.74. The number of H-pyrrole nitrogens is 1. The van der Waals surface area contributed by atoms with Crippen LogP contribution in [0.15, 0.2) is 65.6 Å². The topological polar surface area (TPSA) is 92.7 Å². The molecule has 0 aliphatic heterocycles. The fourth-order valence-electron chi connectivity index (χ4n) is 3.06. The lowest BCUT2D eigenvalue weighted by atomic mass is 10.1. The van der Waals surface area contributed by atoms with Crippen molar-refractivity contribution in [2.24, 2.45) is 0 Å². The molecule has 2 aromatic carbocycles. The van der Waals surface area contributed by atoms with E-state index in [9.17, 15) is 9.59 Å². The Morgan fingerprint density at radius 2 is 1.96 bits per heavy atom. The van der Waals surface area contributed by atoms with E-state index in [1.165, 1.54) is 6.20 Å². The summed E-state index contributed by atoms with van der Waals surface area (Å²) in [6, 6.07) is 17.3. The van der Waals surface area contributed by atoms with Crippen LogP contribution in [0.3, 0.4) is 0 Å². The van der Waals surface area contributed by atoms with E-state index in [1.54, 1.807) is 4.68 Å². The van der Waals surface area contributed by atoms with E-state index >= 15 is 0 Å². The first-order valence-corrected chi connectivity index (χ1v) is 8.95. The molecule has 0 bridgehead atoms. The highest BCUT2D eigenvalue weighted by Crippen LogP contribution is 2.13. The quantitative estimate of drug-likeness (QED) is 0.561. The summed E-state index contributed by atoms with van der Waals surface area (Å²) < 4.78 is 1.61. The summed E-state index contributed by atoms with van der Waals surface area (Å²) in [4.78, 5) is 31.8. The fourth-order valence-corrected chi connectivity index (χ4v) is 3.06. The monoisotopic (exact) mass is 373 g/mol. The number of carbonyl (C=O) groups is 1. The third-order valence-corrected chi connectivity index (χ3v) is 4.39. The second-order valence-corrected chi connectivity index (χ2v) is 6.58. The smallest absolute Gasteiger partial charge is 0.262 e. The fraction of sp³-hybridized carbons (Fsp3) is 0.143. The second kappa shape index (κ2) is 7.48. The Morgan fingerprint density at radius 3 is 2.75 bits per heavy atom. The molecule has 28 heavy (non-hydrogen) atoms. The minimum Gasteiger partial charge on any atom is -0.349 e. The van der Waals surface area contributed by atoms with Crippen molar-refractivity contribution in [3.63, 3.8) is 0 Å². The van der Waals surface area contributed by atoms with Crippen LogP contribution >= 0.6 is 0 Å². The SMILES string of the molecule is Cc1cccc(CC(=O)NCc2nc3c(cnn3-c3ccccc3)c(=O)[nH]2)c1. The maximum Gasteiger partial charge on any atom is 0.262 e. The van der Waals surface area contributed by atoms with E-state index < -0.39 is 0 Å². The number of hydrogen-bond donors (Lipinski definition) is 2. The first kappa shape index (κ1) is 17.7. The van der Waals surface area contributed by atoms with Gasteiger partial charge in [-0.25, -0.2) is 9.67 Å². The number of benzene rings is 2. The molecule has 0 atom stereocenters. The van der Waals surface area contributed by atoms with Gasteiger partial charge in [-0.2, -0.15) is 5.10 Å². The predicted octanol–water partition coefficient (Wildman–Crippen LogP) is 2.28. The van der Waals surface area contributed by atoms with Crippen molar-refractivity contribution in [2.45, 2.75) is 19.9 Å². The summed E-state index contributed by atoms with van der Waals surface area (Å²) in [6.07, 6.45) is 1.77. The molecule has 0 aliphatic carbocycles. The molecule has 0 unspecified atom stereocenters. The average Bonchev–Trinajstić information content (AvgIpc) is 3.12. The molecule has 140 valence electrons. The van der Waals surface area contributed by atoms with Crippen LogP contribution in [0.2, 0.25) is 0 Å². The van der Waals surface area contributed by atoms with E-state index in [2.05, 4.69) is 20.4 Å². The Balaban J connectivity index is 1.54. The second-order valence-electron chi connectivity index (χ2n) is 6.58. The predicted molar refractivity (Wildman–Crippen MR) is 106 cm³/mol. The van der Waals surface area contributed by atoms with Crippen LogP contribution in [0.1, 0.15) is 17.0 Å². The number of fused-ring (bicyclic) bond motifs is 1. The molecule has 7 heteroatoms. The normalized spacial score (nSPS) is 10.9. The Kier molecular flexibility index (Phi) is 4.72. The standard InChI is InChI=1S/C21H19N5O2/c1-14-6-5-7-15(10-14)11-19(27)22-13-18-24-20-17(21(28)25-18)12-23-26(20)16-8-3-2-4-9-16/h2-10,12H,11,13H2,1H3,(H,22,27)(H,24,25,28). The number of carbonyl (C=O) groups excluding carboxylic acids is 1. The molecule has 2 heterocycles. The van der Waals surface area contributed by atoms with E-state index in [0.717, 1.165) is 16.8 Å². The van der Waals surface area contributed by atoms with Crippen molar-refractivity contribution < 1.29 is 4.79 Å². The number of nitrogens with one attached hydrogen (secondary N) is 2. The zero-order valence-electron chi connectivity index (χ0n) is 15.3. The molecule has 0 radical (unpaired) electrons. The Labute approximate surface area is 161 Å². The van der Waals surface area contributed by atoms with E-state index in [4.69, 9.17) is 0 Å². The number of hydrogen-bond acceptors (Lipinski definition) is 4. The summed E-state index contributed by atoms with van der Waals surface area (Å²) in [5.74, 6) is 0.248. The number of amides is 1. The lowest BCUT2D eigenvalue weighted by molar-refractivity contribution is -0.120. The van der Waals surface area contributed by atoms with E-state index in [1.807, 2.05) is 61.5 Å². The van der Waals surface area contributed by atoms with E-state index in [0.29, 0.717) is 16.9 Å². The van der Waals surface area contributed by atoms with Crippen LogP contribution in [0.4, 0.5) is 0 Å². The largest absolute Gasteiger partial charge is 0.349 e. The highest BCUT2D eigenvalue weighted by atomic mass is 16.1. The maximum absolute atomic E-state index is 12.4. The van der Waals surface area contributed by atoms with Crippen molar-refractivity contribution in [3.05, 3.63) is 88.1 Å². The molecule has 0 saturated heterocycles. The molecule has 2 N–H and O–H groups in total. The third-order valence-electron chi connectivity index (χ3n) is 4.39. The van der Waals surface area contributed by atoms with Crippen molar-refractivity contribution in [1.82, 2.24) is 25.1 Å². The van der Waals surface area contributed by atoms with Gasteiger partial charge < -0.3 is 10.3 Å². The van der Waals surface area contributed by atoms with Gasteiger partial charge in [0, 0.05) is 0 Å². The van der Waals surface area contributed by atoms with E-state index in [-0.39, 0.29) is 24.4 Å². The van der Waals surface area contributed by atoms with Crippen LogP contribution < -0.4 is 10.9 Å². The number of aromatic nitrogens is 4. The highest BCUT2D eigenvalue weighted by molar-refractivity contribution is 5.78.